The van der Waals surface area contributed by atoms with Crippen molar-refractivity contribution in [3.05, 3.63) is 101 Å². The highest BCUT2D eigenvalue weighted by molar-refractivity contribution is 5.81. The molecule has 0 unspecified atom stereocenters. The van der Waals surface area contributed by atoms with Gasteiger partial charge in [0.1, 0.15) is 5.69 Å². The fraction of sp³-hybridized carbons (Fsp3) is 0. The molecule has 116 valence electrons. The van der Waals surface area contributed by atoms with Crippen molar-refractivity contribution in [1.82, 2.24) is 4.74 Å². The first-order chi connectivity index (χ1) is 11.8. The summed E-state index contributed by atoms with van der Waals surface area (Å²) in [6.07, 6.45) is 0. The van der Waals surface area contributed by atoms with Crippen LogP contribution in [0.5, 0.6) is 0 Å². The molecule has 0 atom stereocenters. The molecule has 1 aromatic heterocycles. The van der Waals surface area contributed by atoms with Crippen molar-refractivity contribution in [2.45, 2.75) is 0 Å². The average Bonchev–Trinajstić information content (AvgIpc) is 3.01. The van der Waals surface area contributed by atoms with E-state index in [1.807, 2.05) is 91.0 Å². The highest BCUT2D eigenvalue weighted by Gasteiger charge is 2.21. The second-order valence-electron chi connectivity index (χ2n) is 5.46. The lowest BCUT2D eigenvalue weighted by molar-refractivity contribution is 0.327. The Hall–Kier alpha value is -3.33. The highest BCUT2D eigenvalue weighted by Crippen LogP contribution is 2.32. The van der Waals surface area contributed by atoms with Gasteiger partial charge in [0.25, 0.3) is 0 Å². The third-order valence-corrected chi connectivity index (χ3v) is 3.92. The van der Waals surface area contributed by atoms with Crippen LogP contribution in [0.15, 0.2) is 100 Å². The molecule has 0 aliphatic carbocycles. The first kappa shape index (κ1) is 14.3. The fourth-order valence-corrected chi connectivity index (χ4v) is 2.83. The third kappa shape index (κ3) is 2.46. The Labute approximate surface area is 139 Å². The molecule has 24 heavy (non-hydrogen) atoms. The van der Waals surface area contributed by atoms with Crippen molar-refractivity contribution >= 4 is 0 Å². The van der Waals surface area contributed by atoms with Crippen LogP contribution < -0.4 is 5.63 Å². The molecule has 0 aliphatic heterocycles. The van der Waals surface area contributed by atoms with Gasteiger partial charge in [-0.1, -0.05) is 78.9 Å². The molecule has 0 N–H and O–H groups in total. The zero-order valence-corrected chi connectivity index (χ0v) is 12.9. The predicted molar refractivity (Wildman–Crippen MR) is 95.2 cm³/mol. The van der Waals surface area contributed by atoms with Crippen molar-refractivity contribution in [1.29, 1.82) is 0 Å². The second kappa shape index (κ2) is 6.05. The van der Waals surface area contributed by atoms with Gasteiger partial charge in [0.15, 0.2) is 0 Å². The maximum absolute atomic E-state index is 12.6. The lowest BCUT2D eigenvalue weighted by Gasteiger charge is -2.08. The second-order valence-corrected chi connectivity index (χ2v) is 5.46. The molecule has 0 bridgehead atoms. The molecule has 0 fully saturated rings. The molecule has 4 aromatic rings. The Bertz CT molecular complexity index is 1000. The molecule has 1 heterocycles. The molecule has 0 amide bonds. The van der Waals surface area contributed by atoms with E-state index in [-0.39, 0.29) is 5.63 Å². The number of para-hydroxylation sites is 1. The molecule has 3 heteroatoms. The topological polar surface area (TPSA) is 35.1 Å². The van der Waals surface area contributed by atoms with Gasteiger partial charge in [-0.25, -0.2) is 4.79 Å². The molecule has 0 aliphatic rings. The van der Waals surface area contributed by atoms with Gasteiger partial charge < -0.3 is 4.52 Å². The number of aromatic nitrogens is 1. The number of nitrogens with zero attached hydrogens (tertiary/aromatic N) is 1. The SMILES string of the molecule is O=c1on(-c2ccccc2)c(-c2ccccc2)c1-c1ccccc1. The Morgan fingerprint density at radius 3 is 1.71 bits per heavy atom. The Morgan fingerprint density at radius 2 is 1.12 bits per heavy atom. The van der Waals surface area contributed by atoms with Crippen molar-refractivity contribution in [2.24, 2.45) is 0 Å². The summed E-state index contributed by atoms with van der Waals surface area (Å²) < 4.78 is 7.21. The van der Waals surface area contributed by atoms with Gasteiger partial charge in [0.05, 0.1) is 11.3 Å². The molecular weight excluding hydrogens is 298 g/mol. The summed E-state index contributed by atoms with van der Waals surface area (Å²) >= 11 is 0. The molecule has 3 aromatic carbocycles. The standard InChI is InChI=1S/C21H15NO2/c23-21-19(16-10-4-1-5-11-16)20(17-12-6-2-7-13-17)22(24-21)18-14-8-3-9-15-18/h1-15H. The fourth-order valence-electron chi connectivity index (χ4n) is 2.83. The molecular formula is C21H15NO2. The largest absolute Gasteiger partial charge is 0.366 e. The minimum Gasteiger partial charge on any atom is -0.330 e. The average molecular weight is 313 g/mol. The zero-order valence-electron chi connectivity index (χ0n) is 12.9. The van der Waals surface area contributed by atoms with E-state index in [1.165, 1.54) is 0 Å². The Balaban J connectivity index is 2.05. The number of hydrogen-bond acceptors (Lipinski definition) is 2. The monoisotopic (exact) mass is 313 g/mol. The van der Waals surface area contributed by atoms with Crippen LogP contribution in [0.1, 0.15) is 0 Å². The van der Waals surface area contributed by atoms with Gasteiger partial charge in [-0.05, 0) is 17.7 Å². The summed E-state index contributed by atoms with van der Waals surface area (Å²) in [5, 5.41) is 0. The minimum absolute atomic E-state index is 0.344. The number of benzene rings is 3. The van der Waals surface area contributed by atoms with E-state index in [1.54, 1.807) is 4.74 Å². The van der Waals surface area contributed by atoms with Crippen LogP contribution in [0.2, 0.25) is 0 Å². The summed E-state index contributed by atoms with van der Waals surface area (Å²) in [6.45, 7) is 0. The first-order valence-electron chi connectivity index (χ1n) is 7.77. The zero-order chi connectivity index (χ0) is 16.4. The van der Waals surface area contributed by atoms with Gasteiger partial charge in [-0.3, -0.25) is 0 Å². The van der Waals surface area contributed by atoms with Gasteiger partial charge in [-0.2, -0.15) is 4.74 Å². The third-order valence-electron chi connectivity index (χ3n) is 3.92. The quantitative estimate of drug-likeness (QED) is 0.546. The van der Waals surface area contributed by atoms with Crippen molar-refractivity contribution in [3.8, 4) is 28.1 Å². The maximum Gasteiger partial charge on any atom is 0.366 e. The summed E-state index contributed by atoms with van der Waals surface area (Å²) in [7, 11) is 0. The van der Waals surface area contributed by atoms with E-state index in [9.17, 15) is 4.79 Å². The van der Waals surface area contributed by atoms with Crippen LogP contribution >= 0.6 is 0 Å². The summed E-state index contributed by atoms with van der Waals surface area (Å²) in [5.41, 5.74) is 3.59. The van der Waals surface area contributed by atoms with Gasteiger partial charge in [-0.15, -0.1) is 0 Å². The van der Waals surface area contributed by atoms with Crippen molar-refractivity contribution in [3.63, 3.8) is 0 Å². The number of hydrogen-bond donors (Lipinski definition) is 0. The van der Waals surface area contributed by atoms with Crippen LogP contribution in [0.4, 0.5) is 0 Å². The van der Waals surface area contributed by atoms with Crippen LogP contribution in [-0.2, 0) is 0 Å². The van der Waals surface area contributed by atoms with Crippen molar-refractivity contribution < 1.29 is 4.52 Å². The van der Waals surface area contributed by atoms with E-state index in [0.717, 1.165) is 22.5 Å². The molecule has 0 saturated carbocycles. The summed E-state index contributed by atoms with van der Waals surface area (Å²) in [5.74, 6) is 0. The molecule has 4 rings (SSSR count). The van der Waals surface area contributed by atoms with Crippen LogP contribution in [0.25, 0.3) is 28.1 Å². The van der Waals surface area contributed by atoms with Crippen LogP contribution in [-0.4, -0.2) is 4.74 Å². The van der Waals surface area contributed by atoms with Crippen LogP contribution in [0.3, 0.4) is 0 Å². The Morgan fingerprint density at radius 1 is 0.625 bits per heavy atom. The number of rotatable bonds is 3. The summed E-state index contributed by atoms with van der Waals surface area (Å²) in [6, 6.07) is 29.1. The molecule has 0 saturated heterocycles. The first-order valence-corrected chi connectivity index (χ1v) is 7.77. The molecule has 0 radical (unpaired) electrons. The van der Waals surface area contributed by atoms with Crippen LogP contribution in [0, 0.1) is 0 Å². The predicted octanol–water partition coefficient (Wildman–Crippen LogP) is 4.76. The maximum atomic E-state index is 12.6. The van der Waals surface area contributed by atoms with Gasteiger partial charge in [0.2, 0.25) is 0 Å². The van der Waals surface area contributed by atoms with E-state index < -0.39 is 0 Å². The van der Waals surface area contributed by atoms with Gasteiger partial charge in [0, 0.05) is 5.56 Å². The van der Waals surface area contributed by atoms with E-state index in [0.29, 0.717) is 5.56 Å². The Kier molecular flexibility index (Phi) is 3.60. The smallest absolute Gasteiger partial charge is 0.330 e. The van der Waals surface area contributed by atoms with Crippen molar-refractivity contribution in [2.75, 3.05) is 0 Å². The highest BCUT2D eigenvalue weighted by atomic mass is 16.5. The summed E-state index contributed by atoms with van der Waals surface area (Å²) in [4.78, 5) is 12.6. The minimum atomic E-state index is -0.344. The molecule has 0 spiro atoms. The lowest BCUT2D eigenvalue weighted by Crippen LogP contribution is -1.96. The van der Waals surface area contributed by atoms with Gasteiger partial charge >= 0.3 is 5.63 Å². The normalized spacial score (nSPS) is 10.7. The lowest BCUT2D eigenvalue weighted by atomic mass is 10.0. The van der Waals surface area contributed by atoms with E-state index >= 15 is 0 Å². The van der Waals surface area contributed by atoms with E-state index in [2.05, 4.69) is 0 Å². The molecule has 3 nitrogen and oxygen atoms in total. The van der Waals surface area contributed by atoms with E-state index in [4.69, 9.17) is 4.52 Å².